The average molecular weight is 316 g/mol. The minimum Gasteiger partial charge on any atom is -0.475 e. The van der Waals surface area contributed by atoms with Gasteiger partial charge in [-0.15, -0.1) is 0 Å². The fraction of sp³-hybridized carbons (Fsp3) is 0.750. The van der Waals surface area contributed by atoms with Gasteiger partial charge in [-0.2, -0.15) is 0 Å². The van der Waals surface area contributed by atoms with Crippen LogP contribution in [0.3, 0.4) is 0 Å². The van der Waals surface area contributed by atoms with Crippen LogP contribution in [0.1, 0.15) is 63.6 Å². The van der Waals surface area contributed by atoms with Gasteiger partial charge in [0.1, 0.15) is 0 Å². The van der Waals surface area contributed by atoms with Crippen molar-refractivity contribution in [3.63, 3.8) is 0 Å². The Kier molecular flexibility index (Phi) is 5.93. The van der Waals surface area contributed by atoms with Crippen LogP contribution in [-0.2, 0) is 12.8 Å². The van der Waals surface area contributed by atoms with E-state index in [1.165, 1.54) is 62.9 Å². The Balaban J connectivity index is 1.52. The van der Waals surface area contributed by atoms with Gasteiger partial charge in [0.25, 0.3) is 0 Å². The largest absolute Gasteiger partial charge is 0.475 e. The second-order valence-electron chi connectivity index (χ2n) is 7.56. The van der Waals surface area contributed by atoms with Gasteiger partial charge in [0.05, 0.1) is 6.10 Å². The molecule has 1 saturated carbocycles. The first-order valence-electron chi connectivity index (χ1n) is 9.58. The Bertz CT molecular complexity index is 494. The second kappa shape index (κ2) is 8.14. The predicted octanol–water partition coefficient (Wildman–Crippen LogP) is 4.24. The predicted molar refractivity (Wildman–Crippen MR) is 95.0 cm³/mol. The summed E-state index contributed by atoms with van der Waals surface area (Å²) in [5.74, 6) is 1.77. The Morgan fingerprint density at radius 3 is 2.70 bits per heavy atom. The topological polar surface area (TPSA) is 25.4 Å². The van der Waals surface area contributed by atoms with Crippen LogP contribution in [-0.4, -0.2) is 35.6 Å². The van der Waals surface area contributed by atoms with E-state index in [9.17, 15) is 0 Å². The molecule has 1 fully saturated rings. The summed E-state index contributed by atoms with van der Waals surface area (Å²) in [7, 11) is 0. The van der Waals surface area contributed by atoms with Gasteiger partial charge in [0.15, 0.2) is 0 Å². The molecule has 23 heavy (non-hydrogen) atoms. The normalized spacial score (nSPS) is 20.3. The molecule has 0 amide bonds. The maximum absolute atomic E-state index is 5.75. The summed E-state index contributed by atoms with van der Waals surface area (Å²) in [4.78, 5) is 7.40. The van der Waals surface area contributed by atoms with E-state index in [0.717, 1.165) is 31.2 Å². The molecule has 3 rings (SSSR count). The molecule has 0 spiro atoms. The number of ether oxygens (including phenoxy) is 1. The van der Waals surface area contributed by atoms with Crippen LogP contribution in [0.2, 0.25) is 0 Å². The molecule has 0 atom stereocenters. The fourth-order valence-corrected chi connectivity index (χ4v) is 3.98. The van der Waals surface area contributed by atoms with Gasteiger partial charge >= 0.3 is 0 Å². The molecule has 3 heteroatoms. The highest BCUT2D eigenvalue weighted by molar-refractivity contribution is 5.27. The van der Waals surface area contributed by atoms with E-state index in [0.29, 0.717) is 0 Å². The molecule has 1 aromatic heterocycles. The summed E-state index contributed by atoms with van der Waals surface area (Å²) >= 11 is 0. The van der Waals surface area contributed by atoms with Crippen LogP contribution in [0.5, 0.6) is 5.88 Å². The maximum Gasteiger partial charge on any atom is 0.213 e. The molecular weight excluding hydrogens is 284 g/mol. The molecule has 0 aromatic carbocycles. The van der Waals surface area contributed by atoms with E-state index in [1.807, 2.05) is 6.07 Å². The smallest absolute Gasteiger partial charge is 0.213 e. The van der Waals surface area contributed by atoms with E-state index in [2.05, 4.69) is 24.8 Å². The lowest BCUT2D eigenvalue weighted by Gasteiger charge is -2.26. The van der Waals surface area contributed by atoms with E-state index in [-0.39, 0.29) is 6.10 Å². The highest BCUT2D eigenvalue weighted by Crippen LogP contribution is 2.27. The van der Waals surface area contributed by atoms with Crippen molar-refractivity contribution in [1.82, 2.24) is 9.88 Å². The van der Waals surface area contributed by atoms with Crippen molar-refractivity contribution in [1.29, 1.82) is 0 Å². The minimum atomic E-state index is 0.193. The SMILES string of the molecule is CC(C)Oc1ccc2c(n1)CCN(CCC1CCCCC1)CC2. The average Bonchev–Trinajstić information content (AvgIpc) is 2.75. The zero-order valence-electron chi connectivity index (χ0n) is 14.9. The van der Waals surface area contributed by atoms with Crippen LogP contribution >= 0.6 is 0 Å². The first-order valence-corrected chi connectivity index (χ1v) is 9.58. The molecule has 2 heterocycles. The van der Waals surface area contributed by atoms with Crippen molar-refractivity contribution < 1.29 is 4.74 Å². The van der Waals surface area contributed by atoms with E-state index >= 15 is 0 Å². The molecule has 128 valence electrons. The van der Waals surface area contributed by atoms with E-state index < -0.39 is 0 Å². The lowest BCUT2D eigenvalue weighted by Crippen LogP contribution is -2.29. The van der Waals surface area contributed by atoms with Gasteiger partial charge < -0.3 is 9.64 Å². The molecular formula is C20H32N2O. The molecule has 0 unspecified atom stereocenters. The molecule has 0 bridgehead atoms. The van der Waals surface area contributed by atoms with Crippen molar-refractivity contribution in [2.45, 2.75) is 71.3 Å². The van der Waals surface area contributed by atoms with Crippen LogP contribution in [0, 0.1) is 5.92 Å². The molecule has 1 aromatic rings. The molecule has 2 aliphatic rings. The Morgan fingerprint density at radius 2 is 1.91 bits per heavy atom. The summed E-state index contributed by atoms with van der Waals surface area (Å²) in [6, 6.07) is 4.27. The summed E-state index contributed by atoms with van der Waals surface area (Å²) in [6.07, 6.45) is 11.1. The van der Waals surface area contributed by atoms with Crippen molar-refractivity contribution in [3.8, 4) is 5.88 Å². The van der Waals surface area contributed by atoms with Gasteiger partial charge in [0.2, 0.25) is 5.88 Å². The molecule has 0 N–H and O–H groups in total. The van der Waals surface area contributed by atoms with Gasteiger partial charge in [-0.3, -0.25) is 0 Å². The van der Waals surface area contributed by atoms with Crippen LogP contribution < -0.4 is 4.74 Å². The fourth-order valence-electron chi connectivity index (χ4n) is 3.98. The monoisotopic (exact) mass is 316 g/mol. The standard InChI is InChI=1S/C20H32N2O/c1-16(2)23-20-9-8-18-11-14-22(15-12-19(18)21-20)13-10-17-6-4-3-5-7-17/h8-9,16-17H,3-7,10-15H2,1-2H3. The number of nitrogens with zero attached hydrogens (tertiary/aromatic N) is 2. The van der Waals surface area contributed by atoms with Crippen LogP contribution in [0.4, 0.5) is 0 Å². The third-order valence-electron chi connectivity index (χ3n) is 5.34. The van der Waals surface area contributed by atoms with E-state index in [4.69, 9.17) is 9.72 Å². The number of rotatable bonds is 5. The Morgan fingerprint density at radius 1 is 1.13 bits per heavy atom. The van der Waals surface area contributed by atoms with Crippen molar-refractivity contribution in [2.75, 3.05) is 19.6 Å². The number of aromatic nitrogens is 1. The Hall–Kier alpha value is -1.09. The third-order valence-corrected chi connectivity index (χ3v) is 5.34. The zero-order chi connectivity index (χ0) is 16.1. The molecule has 0 saturated heterocycles. The molecule has 1 aliphatic carbocycles. The highest BCUT2D eigenvalue weighted by Gasteiger charge is 2.18. The van der Waals surface area contributed by atoms with Gasteiger partial charge in [-0.05, 0) is 44.7 Å². The number of fused-ring (bicyclic) bond motifs is 1. The molecule has 3 nitrogen and oxygen atoms in total. The number of hydrogen-bond acceptors (Lipinski definition) is 3. The maximum atomic E-state index is 5.75. The first-order chi connectivity index (χ1) is 11.2. The lowest BCUT2D eigenvalue weighted by molar-refractivity contribution is 0.231. The molecule has 0 radical (unpaired) electrons. The summed E-state index contributed by atoms with van der Waals surface area (Å²) < 4.78 is 5.75. The summed E-state index contributed by atoms with van der Waals surface area (Å²) in [6.45, 7) is 7.72. The first kappa shape index (κ1) is 16.8. The summed E-state index contributed by atoms with van der Waals surface area (Å²) in [5, 5.41) is 0. The van der Waals surface area contributed by atoms with Crippen molar-refractivity contribution in [3.05, 3.63) is 23.4 Å². The quantitative estimate of drug-likeness (QED) is 0.812. The minimum absolute atomic E-state index is 0.193. The van der Waals surface area contributed by atoms with Gasteiger partial charge in [-0.1, -0.05) is 38.2 Å². The Labute approximate surface area is 141 Å². The third kappa shape index (κ3) is 4.94. The number of pyridine rings is 1. The van der Waals surface area contributed by atoms with Gasteiger partial charge in [0, 0.05) is 31.3 Å². The van der Waals surface area contributed by atoms with Crippen LogP contribution in [0.25, 0.3) is 0 Å². The van der Waals surface area contributed by atoms with Gasteiger partial charge in [-0.25, -0.2) is 4.98 Å². The summed E-state index contributed by atoms with van der Waals surface area (Å²) in [5.41, 5.74) is 2.67. The van der Waals surface area contributed by atoms with E-state index in [1.54, 1.807) is 0 Å². The molecule has 1 aliphatic heterocycles. The van der Waals surface area contributed by atoms with Crippen molar-refractivity contribution >= 4 is 0 Å². The highest BCUT2D eigenvalue weighted by atomic mass is 16.5. The van der Waals surface area contributed by atoms with Crippen LogP contribution in [0.15, 0.2) is 12.1 Å². The lowest BCUT2D eigenvalue weighted by atomic mass is 9.87. The second-order valence-corrected chi connectivity index (χ2v) is 7.56. The van der Waals surface area contributed by atoms with Crippen molar-refractivity contribution in [2.24, 2.45) is 5.92 Å². The number of hydrogen-bond donors (Lipinski definition) is 0. The zero-order valence-corrected chi connectivity index (χ0v) is 14.9.